The van der Waals surface area contributed by atoms with Gasteiger partial charge in [-0.25, -0.2) is 4.39 Å². The van der Waals surface area contributed by atoms with Crippen LogP contribution in [0.3, 0.4) is 0 Å². The number of nitrogens with zero attached hydrogens (tertiary/aromatic N) is 2. The second-order valence-corrected chi connectivity index (χ2v) is 7.00. The number of benzene rings is 2. The number of anilines is 1. The smallest absolute Gasteiger partial charge is 0.123 e. The predicted molar refractivity (Wildman–Crippen MR) is 102 cm³/mol. The van der Waals surface area contributed by atoms with Crippen molar-refractivity contribution < 1.29 is 14.2 Å². The number of hydrogen-bond acceptors (Lipinski definition) is 4. The van der Waals surface area contributed by atoms with Crippen LogP contribution in [-0.2, 0) is 11.3 Å². The van der Waals surface area contributed by atoms with Gasteiger partial charge in [0.2, 0.25) is 0 Å². The van der Waals surface area contributed by atoms with Gasteiger partial charge in [0, 0.05) is 43.4 Å². The number of hydrogen-bond donors (Lipinski definition) is 1. The lowest BCUT2D eigenvalue weighted by Crippen LogP contribution is -2.49. The molecule has 0 aromatic heterocycles. The molecule has 1 aliphatic heterocycles. The standard InChI is InChI=1S/C20H24ClFN2O2/c21-17-3-1-16(2-4-17)14-26-15-20(25)13-23-9-11-24(12-10-23)19-7-5-18(22)6-8-19/h1-8,20,25H,9-15H2. The van der Waals surface area contributed by atoms with Crippen LogP contribution in [0.2, 0.25) is 5.02 Å². The molecule has 0 saturated carbocycles. The Morgan fingerprint density at radius 3 is 2.31 bits per heavy atom. The van der Waals surface area contributed by atoms with Crippen LogP contribution in [-0.4, -0.2) is 55.4 Å². The average Bonchev–Trinajstić information content (AvgIpc) is 2.65. The first-order valence-electron chi connectivity index (χ1n) is 8.83. The third kappa shape index (κ3) is 5.68. The van der Waals surface area contributed by atoms with E-state index >= 15 is 0 Å². The van der Waals surface area contributed by atoms with E-state index in [1.54, 1.807) is 0 Å². The number of halogens is 2. The molecule has 1 N–H and O–H groups in total. The monoisotopic (exact) mass is 378 g/mol. The summed E-state index contributed by atoms with van der Waals surface area (Å²) in [5.41, 5.74) is 2.08. The maximum absolute atomic E-state index is 13.0. The van der Waals surface area contributed by atoms with Crippen LogP contribution >= 0.6 is 11.6 Å². The second kappa shape index (κ2) is 9.33. The molecule has 0 amide bonds. The highest BCUT2D eigenvalue weighted by atomic mass is 35.5. The third-order valence-corrected chi connectivity index (χ3v) is 4.78. The third-order valence-electron chi connectivity index (χ3n) is 4.53. The molecule has 1 aliphatic rings. The molecular weight excluding hydrogens is 355 g/mol. The van der Waals surface area contributed by atoms with Crippen LogP contribution < -0.4 is 4.90 Å². The van der Waals surface area contributed by atoms with Gasteiger partial charge in [-0.3, -0.25) is 4.90 Å². The number of rotatable bonds is 7. The molecule has 1 heterocycles. The first-order valence-corrected chi connectivity index (χ1v) is 9.21. The molecule has 0 bridgehead atoms. The number of ether oxygens (including phenoxy) is 1. The van der Waals surface area contributed by atoms with Crippen LogP contribution in [0.25, 0.3) is 0 Å². The number of aliphatic hydroxyl groups is 1. The summed E-state index contributed by atoms with van der Waals surface area (Å²) >= 11 is 5.85. The summed E-state index contributed by atoms with van der Waals surface area (Å²) < 4.78 is 18.6. The number of β-amino-alcohol motifs (C(OH)–C–C–N with tert-alkyl or cyclic N) is 1. The normalized spacial score (nSPS) is 16.7. The largest absolute Gasteiger partial charge is 0.389 e. The maximum atomic E-state index is 13.0. The van der Waals surface area contributed by atoms with Crippen molar-refractivity contribution in [2.75, 3.05) is 44.2 Å². The average molecular weight is 379 g/mol. The predicted octanol–water partition coefficient (Wildman–Crippen LogP) is 3.18. The van der Waals surface area contributed by atoms with E-state index in [9.17, 15) is 9.50 Å². The van der Waals surface area contributed by atoms with E-state index in [4.69, 9.17) is 16.3 Å². The minimum atomic E-state index is -0.514. The molecule has 0 spiro atoms. The van der Waals surface area contributed by atoms with Crippen LogP contribution in [0.15, 0.2) is 48.5 Å². The van der Waals surface area contributed by atoms with Gasteiger partial charge in [-0.15, -0.1) is 0 Å². The molecule has 1 saturated heterocycles. The van der Waals surface area contributed by atoms with Crippen molar-refractivity contribution >= 4 is 17.3 Å². The highest BCUT2D eigenvalue weighted by molar-refractivity contribution is 6.30. The zero-order valence-electron chi connectivity index (χ0n) is 14.7. The SMILES string of the molecule is OC(COCc1ccc(Cl)cc1)CN1CCN(c2ccc(F)cc2)CC1. The molecule has 0 aliphatic carbocycles. The molecule has 1 fully saturated rings. The van der Waals surface area contributed by atoms with Gasteiger partial charge in [0.05, 0.1) is 19.3 Å². The first kappa shape index (κ1) is 19.1. The van der Waals surface area contributed by atoms with Crippen molar-refractivity contribution in [1.82, 2.24) is 4.90 Å². The fraction of sp³-hybridized carbons (Fsp3) is 0.400. The molecule has 140 valence electrons. The molecular formula is C20H24ClFN2O2. The lowest BCUT2D eigenvalue weighted by molar-refractivity contribution is 0.00914. The Balaban J connectivity index is 1.35. The second-order valence-electron chi connectivity index (χ2n) is 6.56. The summed E-state index contributed by atoms with van der Waals surface area (Å²) in [7, 11) is 0. The zero-order valence-corrected chi connectivity index (χ0v) is 15.4. The van der Waals surface area contributed by atoms with Crippen LogP contribution in [0, 0.1) is 5.82 Å². The first-order chi connectivity index (χ1) is 12.6. The minimum absolute atomic E-state index is 0.214. The molecule has 26 heavy (non-hydrogen) atoms. The fourth-order valence-electron chi connectivity index (χ4n) is 3.08. The van der Waals surface area contributed by atoms with Crippen molar-refractivity contribution in [2.45, 2.75) is 12.7 Å². The Morgan fingerprint density at radius 2 is 1.65 bits per heavy atom. The van der Waals surface area contributed by atoms with Crippen molar-refractivity contribution in [2.24, 2.45) is 0 Å². The van der Waals surface area contributed by atoms with Crippen LogP contribution in [0.5, 0.6) is 0 Å². The quantitative estimate of drug-likeness (QED) is 0.802. The topological polar surface area (TPSA) is 35.9 Å². The van der Waals surface area contributed by atoms with E-state index in [-0.39, 0.29) is 5.82 Å². The van der Waals surface area contributed by atoms with Crippen molar-refractivity contribution in [1.29, 1.82) is 0 Å². The van der Waals surface area contributed by atoms with E-state index in [0.29, 0.717) is 24.8 Å². The van der Waals surface area contributed by atoms with Gasteiger partial charge in [0.15, 0.2) is 0 Å². The van der Waals surface area contributed by atoms with Gasteiger partial charge in [-0.2, -0.15) is 0 Å². The summed E-state index contributed by atoms with van der Waals surface area (Å²) in [5, 5.41) is 10.9. The Bertz CT molecular complexity index is 673. The van der Waals surface area contributed by atoms with Gasteiger partial charge in [-0.05, 0) is 42.0 Å². The van der Waals surface area contributed by atoms with E-state index in [1.807, 2.05) is 36.4 Å². The van der Waals surface area contributed by atoms with Gasteiger partial charge >= 0.3 is 0 Å². The summed E-state index contributed by atoms with van der Waals surface area (Å²) in [4.78, 5) is 4.47. The summed E-state index contributed by atoms with van der Waals surface area (Å²) in [5.74, 6) is -0.214. The maximum Gasteiger partial charge on any atom is 0.123 e. The number of piperazine rings is 1. The van der Waals surface area contributed by atoms with E-state index in [0.717, 1.165) is 37.4 Å². The van der Waals surface area contributed by atoms with Crippen LogP contribution in [0.1, 0.15) is 5.56 Å². The highest BCUT2D eigenvalue weighted by Gasteiger charge is 2.19. The molecule has 0 radical (unpaired) electrons. The van der Waals surface area contributed by atoms with Gasteiger partial charge < -0.3 is 14.7 Å². The molecule has 4 nitrogen and oxygen atoms in total. The lowest BCUT2D eigenvalue weighted by atomic mass is 10.2. The lowest BCUT2D eigenvalue weighted by Gasteiger charge is -2.36. The molecule has 2 aromatic carbocycles. The fourth-order valence-corrected chi connectivity index (χ4v) is 3.21. The molecule has 6 heteroatoms. The van der Waals surface area contributed by atoms with Crippen molar-refractivity contribution in [3.8, 4) is 0 Å². The van der Waals surface area contributed by atoms with E-state index in [1.165, 1.54) is 12.1 Å². The molecule has 2 aromatic rings. The summed E-state index contributed by atoms with van der Waals surface area (Å²) in [6.45, 7) is 4.83. The Morgan fingerprint density at radius 1 is 1.00 bits per heavy atom. The Kier molecular flexibility index (Phi) is 6.86. The van der Waals surface area contributed by atoms with Gasteiger partial charge in [0.1, 0.15) is 5.82 Å². The molecule has 1 unspecified atom stereocenters. The minimum Gasteiger partial charge on any atom is -0.389 e. The number of aliphatic hydroxyl groups excluding tert-OH is 1. The highest BCUT2D eigenvalue weighted by Crippen LogP contribution is 2.17. The summed E-state index contributed by atoms with van der Waals surface area (Å²) in [6.07, 6.45) is -0.514. The zero-order chi connectivity index (χ0) is 18.4. The van der Waals surface area contributed by atoms with E-state index < -0.39 is 6.10 Å². The Hall–Kier alpha value is -1.66. The summed E-state index contributed by atoms with van der Waals surface area (Å²) in [6, 6.07) is 14.1. The Labute approximate surface area is 158 Å². The molecule has 1 atom stereocenters. The van der Waals surface area contributed by atoms with Crippen LogP contribution in [0.4, 0.5) is 10.1 Å². The van der Waals surface area contributed by atoms with Crippen molar-refractivity contribution in [3.63, 3.8) is 0 Å². The van der Waals surface area contributed by atoms with E-state index in [2.05, 4.69) is 9.80 Å². The van der Waals surface area contributed by atoms with Gasteiger partial charge in [-0.1, -0.05) is 23.7 Å². The van der Waals surface area contributed by atoms with Crippen molar-refractivity contribution in [3.05, 3.63) is 64.9 Å². The molecule has 3 rings (SSSR count). The van der Waals surface area contributed by atoms with Gasteiger partial charge in [0.25, 0.3) is 0 Å².